The van der Waals surface area contributed by atoms with E-state index in [4.69, 9.17) is 14.7 Å². The van der Waals surface area contributed by atoms with Crippen LogP contribution in [0, 0.1) is 0 Å². The van der Waals surface area contributed by atoms with Gasteiger partial charge in [-0.15, -0.1) is 0 Å². The molecule has 7 heteroatoms. The smallest absolute Gasteiger partial charge is 0.128 e. The summed E-state index contributed by atoms with van der Waals surface area (Å²) in [6.45, 7) is 52.8. The Labute approximate surface area is 500 Å². The van der Waals surface area contributed by atoms with Gasteiger partial charge in [-0.25, -0.2) is 0 Å². The van der Waals surface area contributed by atoms with Crippen molar-refractivity contribution >= 4 is 0 Å². The zero-order valence-electron chi connectivity index (χ0n) is 54.9. The molecule has 0 unspecified atom stereocenters. The molecule has 2 N–H and O–H groups in total. The highest BCUT2D eigenvalue weighted by atomic mass is 16.5. The summed E-state index contributed by atoms with van der Waals surface area (Å²) in [7, 11) is 0. The second-order valence-electron chi connectivity index (χ2n) is 30.9. The van der Waals surface area contributed by atoms with Gasteiger partial charge in [-0.1, -0.05) is 166 Å². The number of hydrogen-bond donors (Lipinski definition) is 2. The van der Waals surface area contributed by atoms with Gasteiger partial charge in [0, 0.05) is 47.0 Å². The molecule has 4 aromatic heterocycles. The largest absolute Gasteiger partial charge is 0.508 e. The summed E-state index contributed by atoms with van der Waals surface area (Å²) in [5.74, 6) is 2.20. The van der Waals surface area contributed by atoms with E-state index >= 15 is 0 Å². The third kappa shape index (κ3) is 17.9. The van der Waals surface area contributed by atoms with Gasteiger partial charge in [-0.2, -0.15) is 0 Å². The fourth-order valence-electron chi connectivity index (χ4n) is 9.22. The number of benzene rings is 4. The first kappa shape index (κ1) is 65.0. The third-order valence-corrected chi connectivity index (χ3v) is 15.0. The number of nitrogens with zero attached hydrogens (tertiary/aromatic N) is 4. The molecule has 7 nitrogen and oxygen atoms in total. The first-order valence-corrected chi connectivity index (χ1v) is 29.5. The van der Waals surface area contributed by atoms with E-state index in [1.165, 1.54) is 33.4 Å². The van der Waals surface area contributed by atoms with Gasteiger partial charge in [0.05, 0.1) is 22.8 Å². The summed E-state index contributed by atoms with van der Waals surface area (Å²) in [6, 6.07) is 41.5. The molecule has 0 aliphatic rings. The molecule has 0 aliphatic carbocycles. The summed E-state index contributed by atoms with van der Waals surface area (Å²) < 4.78 is 6.71. The monoisotopic (exact) mass is 1110 g/mol. The Hall–Kier alpha value is -7.12. The molecule has 0 amide bonds. The summed E-state index contributed by atoms with van der Waals surface area (Å²) in [4.78, 5) is 18.5. The van der Waals surface area contributed by atoms with Crippen LogP contribution in [0.4, 0.5) is 0 Å². The van der Waals surface area contributed by atoms with E-state index in [0.717, 1.165) is 67.7 Å². The van der Waals surface area contributed by atoms with Gasteiger partial charge >= 0.3 is 0 Å². The maximum Gasteiger partial charge on any atom is 0.128 e. The lowest BCUT2D eigenvalue weighted by Crippen LogP contribution is -2.13. The van der Waals surface area contributed by atoms with Crippen molar-refractivity contribution in [1.82, 2.24) is 19.9 Å². The van der Waals surface area contributed by atoms with Crippen molar-refractivity contribution in [2.45, 2.75) is 209 Å². The topological polar surface area (TPSA) is 101 Å². The molecule has 8 rings (SSSR count). The third-order valence-electron chi connectivity index (χ3n) is 15.0. The van der Waals surface area contributed by atoms with Crippen molar-refractivity contribution in [3.63, 3.8) is 0 Å². The van der Waals surface area contributed by atoms with Crippen LogP contribution >= 0.6 is 0 Å². The number of phenols is 2. The minimum atomic E-state index is -0.0501. The molecule has 0 fully saturated rings. The molecule has 0 saturated heterocycles. The maximum absolute atomic E-state index is 10.0. The average Bonchev–Trinajstić information content (AvgIpc) is 3.57. The Bertz CT molecular complexity index is 3300. The standard InChI is InChI=1S/C38H48N2O.2C19H25NO/c1-35(2,3)27-13-15-39-33(23-27)25-17-29(37(7,8)9)21-31(19-25)41-32-20-26(18-30(22-32)38(10,11)12)34-24-28(14-16-40-34)36(4,5)6;2*1-18(2,3)14-7-8-20-17(12-14)13-9-15(19(4,5)6)11-16(21)10-13/h13-24H,1-12H3;2*7-12,21H,1-6H3. The van der Waals surface area contributed by atoms with Crippen LogP contribution < -0.4 is 4.74 Å². The van der Waals surface area contributed by atoms with Gasteiger partial charge in [0.15, 0.2) is 0 Å². The van der Waals surface area contributed by atoms with E-state index in [1.54, 1.807) is 12.1 Å². The molecule has 0 saturated carbocycles. The molecule has 8 aromatic rings. The van der Waals surface area contributed by atoms with Crippen molar-refractivity contribution in [3.8, 4) is 68.0 Å². The highest BCUT2D eigenvalue weighted by molar-refractivity contribution is 5.68. The van der Waals surface area contributed by atoms with Crippen LogP contribution in [-0.2, 0) is 43.3 Å². The van der Waals surface area contributed by atoms with Gasteiger partial charge in [0.1, 0.15) is 23.0 Å². The molecule has 0 atom stereocenters. The van der Waals surface area contributed by atoms with Crippen LogP contribution in [0.3, 0.4) is 0 Å². The molecule has 0 spiro atoms. The first-order chi connectivity index (χ1) is 37.9. The van der Waals surface area contributed by atoms with Crippen molar-refractivity contribution in [3.05, 3.63) is 191 Å². The first-order valence-electron chi connectivity index (χ1n) is 29.5. The van der Waals surface area contributed by atoms with Crippen molar-refractivity contribution in [2.24, 2.45) is 0 Å². The maximum atomic E-state index is 10.0. The SMILES string of the molecule is CC(C)(C)c1cc(O)cc(-c2cc(C(C)(C)C)ccn2)c1.CC(C)(C)c1cc(O)cc(-c2cc(C(C)(C)C)ccn2)c1.CC(C)(C)c1cc(Oc2cc(-c3cc(C(C)(C)C)ccn3)cc(C(C)(C)C)c2)cc(-c2cc(C(C)(C)C)ccn2)c1. The molecular formula is C76H98N4O3. The molecule has 83 heavy (non-hydrogen) atoms. The van der Waals surface area contributed by atoms with Crippen molar-refractivity contribution in [1.29, 1.82) is 0 Å². The second kappa shape index (κ2) is 24.2. The van der Waals surface area contributed by atoms with Gasteiger partial charge in [0.25, 0.3) is 0 Å². The second-order valence-corrected chi connectivity index (χ2v) is 30.9. The number of phenolic OH excluding ortho intramolecular Hbond substituents is 2. The minimum Gasteiger partial charge on any atom is -0.508 e. The number of aromatic hydroxyl groups is 2. The summed E-state index contributed by atoms with van der Waals surface area (Å²) in [5.41, 5.74) is 17.6. The fraction of sp³-hybridized carbons (Fsp3) is 0.421. The van der Waals surface area contributed by atoms with Gasteiger partial charge in [0.2, 0.25) is 0 Å². The number of hydrogen-bond acceptors (Lipinski definition) is 7. The van der Waals surface area contributed by atoms with E-state index in [0.29, 0.717) is 11.5 Å². The van der Waals surface area contributed by atoms with E-state index in [-0.39, 0.29) is 43.3 Å². The summed E-state index contributed by atoms with van der Waals surface area (Å²) >= 11 is 0. The lowest BCUT2D eigenvalue weighted by Gasteiger charge is -2.24. The summed E-state index contributed by atoms with van der Waals surface area (Å²) in [5, 5.41) is 20.0. The quantitative estimate of drug-likeness (QED) is 0.171. The summed E-state index contributed by atoms with van der Waals surface area (Å²) in [6.07, 6.45) is 7.52. The lowest BCUT2D eigenvalue weighted by molar-refractivity contribution is 0.471. The van der Waals surface area contributed by atoms with Crippen molar-refractivity contribution < 1.29 is 14.9 Å². The van der Waals surface area contributed by atoms with Crippen LogP contribution in [-0.4, -0.2) is 30.1 Å². The predicted octanol–water partition coefficient (Wildman–Crippen LogP) is 20.9. The number of pyridine rings is 4. The normalized spacial score (nSPS) is 12.7. The van der Waals surface area contributed by atoms with E-state index in [1.807, 2.05) is 36.9 Å². The Morgan fingerprint density at radius 3 is 0.663 bits per heavy atom. The van der Waals surface area contributed by atoms with Crippen molar-refractivity contribution in [2.75, 3.05) is 0 Å². The number of rotatable bonds is 6. The molecule has 4 heterocycles. The van der Waals surface area contributed by atoms with E-state index in [9.17, 15) is 10.2 Å². The average molecular weight is 1120 g/mol. The van der Waals surface area contributed by atoms with E-state index in [2.05, 4.69) is 273 Å². The van der Waals surface area contributed by atoms with E-state index < -0.39 is 0 Å². The molecule has 0 radical (unpaired) electrons. The lowest BCUT2D eigenvalue weighted by atomic mass is 9.84. The van der Waals surface area contributed by atoms with Crippen LogP contribution in [0.5, 0.6) is 23.0 Å². The molecule has 4 aromatic carbocycles. The number of aromatic nitrogens is 4. The predicted molar refractivity (Wildman–Crippen MR) is 352 cm³/mol. The minimum absolute atomic E-state index is 0.00483. The van der Waals surface area contributed by atoms with Crippen LogP contribution in [0.1, 0.15) is 211 Å². The molecular weight excluding hydrogens is 1020 g/mol. The Morgan fingerprint density at radius 2 is 0.446 bits per heavy atom. The molecule has 440 valence electrons. The number of ether oxygens (including phenoxy) is 1. The van der Waals surface area contributed by atoms with Crippen LogP contribution in [0.2, 0.25) is 0 Å². The Morgan fingerprint density at radius 1 is 0.241 bits per heavy atom. The molecule has 0 aliphatic heterocycles. The zero-order chi connectivity index (χ0) is 62.1. The van der Waals surface area contributed by atoms with Crippen LogP contribution in [0.25, 0.3) is 45.0 Å². The van der Waals surface area contributed by atoms with Gasteiger partial charge < -0.3 is 14.9 Å². The van der Waals surface area contributed by atoms with Gasteiger partial charge in [-0.05, 0) is 209 Å². The molecule has 0 bridgehead atoms. The van der Waals surface area contributed by atoms with Gasteiger partial charge in [-0.3, -0.25) is 19.9 Å². The fourth-order valence-corrected chi connectivity index (χ4v) is 9.22. The highest BCUT2D eigenvalue weighted by Gasteiger charge is 2.24. The highest BCUT2D eigenvalue weighted by Crippen LogP contribution is 2.40. The zero-order valence-corrected chi connectivity index (χ0v) is 54.9. The van der Waals surface area contributed by atoms with Crippen LogP contribution in [0.15, 0.2) is 146 Å². The Balaban J connectivity index is 0.000000221. The Kier molecular flexibility index (Phi) is 19.0.